The highest BCUT2D eigenvalue weighted by molar-refractivity contribution is 6.74. The van der Waals surface area contributed by atoms with Crippen LogP contribution >= 0.6 is 0 Å². The molecule has 5 heteroatoms. The van der Waals surface area contributed by atoms with E-state index in [-0.39, 0.29) is 6.04 Å². The van der Waals surface area contributed by atoms with Gasteiger partial charge in [0.05, 0.1) is 18.3 Å². The Morgan fingerprint density at radius 3 is 2.25 bits per heavy atom. The third-order valence-corrected chi connectivity index (χ3v) is 6.63. The van der Waals surface area contributed by atoms with Gasteiger partial charge in [-0.05, 0) is 43.5 Å². The van der Waals surface area contributed by atoms with E-state index in [1.807, 2.05) is 12.3 Å². The van der Waals surface area contributed by atoms with E-state index in [0.717, 1.165) is 0 Å². The number of aliphatic imine (C=N–C) groups is 1. The van der Waals surface area contributed by atoms with Gasteiger partial charge in [0.15, 0.2) is 16.6 Å². The Bertz CT molecular complexity index is 667. The third kappa shape index (κ3) is 5.58. The molecule has 0 aliphatic heterocycles. The van der Waals surface area contributed by atoms with Crippen molar-refractivity contribution in [2.75, 3.05) is 6.61 Å². The molecular weight excluding hydrogens is 328 g/mol. The molecule has 0 bridgehead atoms. The number of hydrogen-bond acceptors (Lipinski definition) is 2. The Labute approximate surface area is 148 Å². The summed E-state index contributed by atoms with van der Waals surface area (Å²) < 4.78 is 8.53. The number of hydrogen-bond donors (Lipinski definition) is 0. The summed E-state index contributed by atoms with van der Waals surface area (Å²) in [6.07, 6.45) is 4.19. The Morgan fingerprint density at radius 2 is 1.67 bits per heavy atom. The Morgan fingerprint density at radius 1 is 1.00 bits per heavy atom. The van der Waals surface area contributed by atoms with E-state index in [1.165, 1.54) is 11.3 Å². The fraction of sp³-hybridized carbons (Fsp3) is 0.421. The molecule has 0 amide bonds. The monoisotopic (exact) mass is 358 g/mol. The molecule has 0 saturated carbocycles. The van der Waals surface area contributed by atoms with E-state index >= 15 is 0 Å². The van der Waals surface area contributed by atoms with Crippen molar-refractivity contribution in [2.45, 2.75) is 45.3 Å². The fourth-order valence-electron chi connectivity index (χ4n) is 2.51. The van der Waals surface area contributed by atoms with E-state index in [1.54, 1.807) is 0 Å². The number of aromatic nitrogens is 1. The lowest BCUT2D eigenvalue weighted by molar-refractivity contribution is 0.285. The normalized spacial score (nSPS) is 14.2. The van der Waals surface area contributed by atoms with Crippen LogP contribution in [0.25, 0.3) is 0 Å². The van der Waals surface area contributed by atoms with Crippen molar-refractivity contribution in [3.63, 3.8) is 0 Å². The topological polar surface area (TPSA) is 26.5 Å². The summed E-state index contributed by atoms with van der Waals surface area (Å²) in [5.41, 5.74) is 2.39. The summed E-state index contributed by atoms with van der Waals surface area (Å²) in [5, 5.41) is 0. The summed E-state index contributed by atoms with van der Waals surface area (Å²) in [6, 6.07) is 14.7. The smallest absolute Gasteiger partial charge is 0.183 e. The van der Waals surface area contributed by atoms with Crippen LogP contribution in [0.15, 0.2) is 53.7 Å². The minimum Gasteiger partial charge on any atom is -0.415 e. The van der Waals surface area contributed by atoms with E-state index < -0.39 is 16.6 Å². The molecule has 0 aliphatic rings. The molecule has 2 rings (SSSR count). The van der Waals surface area contributed by atoms with Crippen molar-refractivity contribution >= 4 is 22.8 Å². The van der Waals surface area contributed by atoms with Crippen LogP contribution in [-0.2, 0) is 4.43 Å². The SMILES string of the molecule is C[Si](C)(C)OC[C@@H](N=Cc1cccn1[Si](C)(C)C)c1ccccc1. The zero-order chi connectivity index (χ0) is 17.8. The molecule has 0 saturated heterocycles. The molecule has 1 atom stereocenters. The molecule has 24 heavy (non-hydrogen) atoms. The second-order valence-electron chi connectivity index (χ2n) is 8.10. The average Bonchev–Trinajstić information content (AvgIpc) is 2.96. The van der Waals surface area contributed by atoms with Crippen molar-refractivity contribution in [3.8, 4) is 0 Å². The second kappa shape index (κ2) is 7.63. The summed E-state index contributed by atoms with van der Waals surface area (Å²) in [5.74, 6) is 0. The summed E-state index contributed by atoms with van der Waals surface area (Å²) >= 11 is 0. The number of nitrogens with zero attached hydrogens (tertiary/aromatic N) is 2. The maximum Gasteiger partial charge on any atom is 0.183 e. The van der Waals surface area contributed by atoms with E-state index in [9.17, 15) is 0 Å². The van der Waals surface area contributed by atoms with Crippen LogP contribution in [0.2, 0.25) is 39.3 Å². The molecule has 1 aromatic heterocycles. The van der Waals surface area contributed by atoms with Gasteiger partial charge in [0.25, 0.3) is 0 Å². The largest absolute Gasteiger partial charge is 0.415 e. The van der Waals surface area contributed by atoms with Gasteiger partial charge in [-0.25, -0.2) is 0 Å². The first-order valence-electron chi connectivity index (χ1n) is 8.57. The molecular formula is C19H30N2OSi2. The van der Waals surface area contributed by atoms with Crippen molar-refractivity contribution in [1.29, 1.82) is 0 Å². The van der Waals surface area contributed by atoms with Crippen molar-refractivity contribution in [3.05, 3.63) is 59.9 Å². The van der Waals surface area contributed by atoms with Gasteiger partial charge >= 0.3 is 0 Å². The Kier molecular flexibility index (Phi) is 6.01. The first-order chi connectivity index (χ1) is 11.2. The van der Waals surface area contributed by atoms with Gasteiger partial charge in [-0.3, -0.25) is 4.99 Å². The molecule has 130 valence electrons. The van der Waals surface area contributed by atoms with Crippen LogP contribution in [-0.4, -0.2) is 33.6 Å². The maximum absolute atomic E-state index is 6.14. The molecule has 3 nitrogen and oxygen atoms in total. The molecule has 0 fully saturated rings. The summed E-state index contributed by atoms with van der Waals surface area (Å²) in [4.78, 5) is 4.89. The highest BCUT2D eigenvalue weighted by Crippen LogP contribution is 2.20. The highest BCUT2D eigenvalue weighted by Gasteiger charge is 2.20. The zero-order valence-electron chi connectivity index (χ0n) is 15.8. The van der Waals surface area contributed by atoms with Crippen LogP contribution in [0.4, 0.5) is 0 Å². The third-order valence-electron chi connectivity index (χ3n) is 3.75. The van der Waals surface area contributed by atoms with E-state index in [0.29, 0.717) is 6.61 Å². The van der Waals surface area contributed by atoms with E-state index in [2.05, 4.69) is 86.1 Å². The quantitative estimate of drug-likeness (QED) is 0.494. The minimum absolute atomic E-state index is 0.0444. The van der Waals surface area contributed by atoms with Gasteiger partial charge in [-0.2, -0.15) is 0 Å². The highest BCUT2D eigenvalue weighted by atomic mass is 28.4. The molecule has 0 N–H and O–H groups in total. The van der Waals surface area contributed by atoms with Gasteiger partial charge in [0.1, 0.15) is 0 Å². The van der Waals surface area contributed by atoms with Crippen LogP contribution in [0.3, 0.4) is 0 Å². The second-order valence-corrected chi connectivity index (χ2v) is 17.4. The molecule has 0 radical (unpaired) electrons. The maximum atomic E-state index is 6.14. The van der Waals surface area contributed by atoms with Gasteiger partial charge in [0.2, 0.25) is 0 Å². The predicted molar refractivity (Wildman–Crippen MR) is 109 cm³/mol. The lowest BCUT2D eigenvalue weighted by Crippen LogP contribution is -2.32. The van der Waals surface area contributed by atoms with Crippen LogP contribution < -0.4 is 0 Å². The fourth-order valence-corrected chi connectivity index (χ4v) is 4.60. The summed E-state index contributed by atoms with van der Waals surface area (Å²) in [6.45, 7) is 14.3. The molecule has 0 aliphatic carbocycles. The summed E-state index contributed by atoms with van der Waals surface area (Å²) in [7, 11) is -2.99. The van der Waals surface area contributed by atoms with Crippen molar-refractivity contribution < 1.29 is 4.43 Å². The number of benzene rings is 1. The first-order valence-corrected chi connectivity index (χ1v) is 15.4. The standard InChI is InChI=1S/C19H30N2OSi2/c1-23(2,3)21-14-10-13-18(21)15-20-19(16-22-24(4,5)6)17-11-8-7-9-12-17/h7-15,19H,16H2,1-6H3/t19-/m1/s1. The Hall–Kier alpha value is -1.44. The van der Waals surface area contributed by atoms with Gasteiger partial charge in [-0.1, -0.05) is 50.0 Å². The van der Waals surface area contributed by atoms with Crippen LogP contribution in [0.5, 0.6) is 0 Å². The van der Waals surface area contributed by atoms with Gasteiger partial charge < -0.3 is 8.66 Å². The van der Waals surface area contributed by atoms with Gasteiger partial charge in [-0.15, -0.1) is 0 Å². The zero-order valence-corrected chi connectivity index (χ0v) is 17.8. The lowest BCUT2D eigenvalue weighted by atomic mass is 10.1. The van der Waals surface area contributed by atoms with Gasteiger partial charge in [0, 0.05) is 6.21 Å². The molecule has 0 unspecified atom stereocenters. The van der Waals surface area contributed by atoms with Crippen LogP contribution in [0, 0.1) is 0 Å². The molecule has 2 aromatic rings. The predicted octanol–water partition coefficient (Wildman–Crippen LogP) is 5.18. The van der Waals surface area contributed by atoms with Crippen LogP contribution in [0.1, 0.15) is 17.3 Å². The molecule has 1 heterocycles. The Balaban J connectivity index is 2.24. The minimum atomic E-state index is -1.56. The van der Waals surface area contributed by atoms with Crippen molar-refractivity contribution in [2.24, 2.45) is 4.99 Å². The number of rotatable bonds is 7. The van der Waals surface area contributed by atoms with Crippen molar-refractivity contribution in [1.82, 2.24) is 4.23 Å². The van der Waals surface area contributed by atoms with E-state index in [4.69, 9.17) is 9.42 Å². The average molecular weight is 359 g/mol. The lowest BCUT2D eigenvalue weighted by Gasteiger charge is -2.22. The first kappa shape index (κ1) is 18.9. The molecule has 1 aromatic carbocycles. The molecule has 0 spiro atoms.